The van der Waals surface area contributed by atoms with Crippen LogP contribution in [0.25, 0.3) is 0 Å². The molecule has 0 fully saturated rings. The summed E-state index contributed by atoms with van der Waals surface area (Å²) in [6, 6.07) is 0.149. The molecule has 1 aromatic heterocycles. The summed E-state index contributed by atoms with van der Waals surface area (Å²) in [5, 5.41) is 8.55. The van der Waals surface area contributed by atoms with Gasteiger partial charge in [-0.1, -0.05) is 6.08 Å². The van der Waals surface area contributed by atoms with E-state index >= 15 is 0 Å². The highest BCUT2D eigenvalue weighted by Gasteiger charge is 2.29. The molecule has 0 spiro atoms. The van der Waals surface area contributed by atoms with Gasteiger partial charge in [0.2, 0.25) is 5.91 Å². The van der Waals surface area contributed by atoms with Crippen molar-refractivity contribution >= 4 is 5.91 Å². The molecule has 1 aliphatic heterocycles. The number of ether oxygens (including phenoxy) is 1. The van der Waals surface area contributed by atoms with Crippen molar-refractivity contribution in [2.75, 3.05) is 13.2 Å². The molecule has 23 heavy (non-hydrogen) atoms. The van der Waals surface area contributed by atoms with Crippen LogP contribution in [0.1, 0.15) is 51.2 Å². The highest BCUT2D eigenvalue weighted by molar-refractivity contribution is 5.93. The molecular weight excluding hydrogens is 292 g/mol. The maximum Gasteiger partial charge on any atom is 0.249 e. The van der Waals surface area contributed by atoms with E-state index in [9.17, 15) is 4.79 Å². The van der Waals surface area contributed by atoms with Gasteiger partial charge < -0.3 is 14.2 Å². The molecule has 0 radical (unpaired) electrons. The van der Waals surface area contributed by atoms with E-state index in [0.29, 0.717) is 19.8 Å². The van der Waals surface area contributed by atoms with Gasteiger partial charge in [0.05, 0.1) is 0 Å². The zero-order valence-corrected chi connectivity index (χ0v) is 14.1. The standard InChI is InChI=1S/C17H26N4O2/c1-3-23-12-16-19-18-15-11-13(2)20(9-10-21(15)16)17(22)14-7-5-4-6-8-14/h7,13H,3-6,8-12H2,1-2H3. The Hall–Kier alpha value is -1.69. The highest BCUT2D eigenvalue weighted by Crippen LogP contribution is 2.23. The van der Waals surface area contributed by atoms with E-state index < -0.39 is 0 Å². The average Bonchev–Trinajstić information content (AvgIpc) is 2.87. The zero-order valence-electron chi connectivity index (χ0n) is 14.1. The molecule has 0 saturated carbocycles. The number of fused-ring (bicyclic) bond motifs is 1. The lowest BCUT2D eigenvalue weighted by Crippen LogP contribution is -2.41. The Morgan fingerprint density at radius 1 is 1.35 bits per heavy atom. The van der Waals surface area contributed by atoms with Crippen LogP contribution >= 0.6 is 0 Å². The second kappa shape index (κ2) is 7.25. The number of amides is 1. The number of hydrogen-bond acceptors (Lipinski definition) is 4. The van der Waals surface area contributed by atoms with Crippen LogP contribution in [0.4, 0.5) is 0 Å². The van der Waals surface area contributed by atoms with E-state index in [2.05, 4.69) is 27.8 Å². The minimum absolute atomic E-state index is 0.149. The fourth-order valence-electron chi connectivity index (χ4n) is 3.40. The summed E-state index contributed by atoms with van der Waals surface area (Å²) in [7, 11) is 0. The Morgan fingerprint density at radius 2 is 2.22 bits per heavy atom. The molecule has 2 heterocycles. The van der Waals surface area contributed by atoms with Crippen molar-refractivity contribution in [2.24, 2.45) is 0 Å². The molecule has 0 N–H and O–H groups in total. The normalized spacial score (nSPS) is 21.6. The Morgan fingerprint density at radius 3 is 2.96 bits per heavy atom. The molecule has 0 aromatic carbocycles. The van der Waals surface area contributed by atoms with Crippen LogP contribution in [0, 0.1) is 0 Å². The van der Waals surface area contributed by atoms with Crippen LogP contribution in [0.2, 0.25) is 0 Å². The lowest BCUT2D eigenvalue weighted by Gasteiger charge is -2.28. The summed E-state index contributed by atoms with van der Waals surface area (Å²) in [5.74, 6) is 2.03. The summed E-state index contributed by atoms with van der Waals surface area (Å²) in [6.07, 6.45) is 7.16. The number of carbonyl (C=O) groups is 1. The Bertz CT molecular complexity index is 593. The topological polar surface area (TPSA) is 60.3 Å². The van der Waals surface area contributed by atoms with E-state index in [1.807, 2.05) is 11.8 Å². The Balaban J connectivity index is 1.74. The van der Waals surface area contributed by atoms with Crippen molar-refractivity contribution < 1.29 is 9.53 Å². The van der Waals surface area contributed by atoms with Crippen LogP contribution in [-0.4, -0.2) is 44.8 Å². The molecule has 0 bridgehead atoms. The largest absolute Gasteiger partial charge is 0.374 e. The lowest BCUT2D eigenvalue weighted by atomic mass is 9.98. The maximum atomic E-state index is 12.8. The van der Waals surface area contributed by atoms with Gasteiger partial charge in [0.1, 0.15) is 12.4 Å². The predicted octanol–water partition coefficient (Wildman–Crippen LogP) is 2.09. The first kappa shape index (κ1) is 16.2. The van der Waals surface area contributed by atoms with Gasteiger partial charge in [-0.2, -0.15) is 0 Å². The molecule has 6 nitrogen and oxygen atoms in total. The first-order valence-corrected chi connectivity index (χ1v) is 8.69. The minimum Gasteiger partial charge on any atom is -0.374 e. The van der Waals surface area contributed by atoms with E-state index in [1.54, 1.807) is 0 Å². The maximum absolute atomic E-state index is 12.8. The van der Waals surface area contributed by atoms with Gasteiger partial charge in [-0.05, 0) is 39.5 Å². The van der Waals surface area contributed by atoms with Crippen LogP contribution in [-0.2, 0) is 29.1 Å². The van der Waals surface area contributed by atoms with E-state index in [1.165, 1.54) is 6.42 Å². The third-order valence-corrected chi connectivity index (χ3v) is 4.74. The molecule has 1 aliphatic carbocycles. The van der Waals surface area contributed by atoms with Gasteiger partial charge in [0, 0.05) is 37.7 Å². The number of nitrogens with zero attached hydrogens (tertiary/aromatic N) is 4. The smallest absolute Gasteiger partial charge is 0.249 e. The molecule has 1 amide bonds. The quantitative estimate of drug-likeness (QED) is 0.853. The van der Waals surface area contributed by atoms with Crippen molar-refractivity contribution in [1.29, 1.82) is 0 Å². The predicted molar refractivity (Wildman–Crippen MR) is 86.8 cm³/mol. The van der Waals surface area contributed by atoms with Crippen molar-refractivity contribution in [3.05, 3.63) is 23.3 Å². The first-order valence-electron chi connectivity index (χ1n) is 8.69. The van der Waals surface area contributed by atoms with Crippen molar-refractivity contribution in [1.82, 2.24) is 19.7 Å². The third-order valence-electron chi connectivity index (χ3n) is 4.74. The summed E-state index contributed by atoms with van der Waals surface area (Å²) in [6.45, 7) is 6.68. The van der Waals surface area contributed by atoms with Gasteiger partial charge in [-0.15, -0.1) is 10.2 Å². The number of rotatable bonds is 4. The lowest BCUT2D eigenvalue weighted by molar-refractivity contribution is -0.129. The van der Waals surface area contributed by atoms with Gasteiger partial charge >= 0.3 is 0 Å². The van der Waals surface area contributed by atoms with Crippen LogP contribution in [0.5, 0.6) is 0 Å². The van der Waals surface area contributed by atoms with E-state index in [0.717, 1.165) is 49.4 Å². The van der Waals surface area contributed by atoms with Crippen LogP contribution in [0.15, 0.2) is 11.6 Å². The summed E-state index contributed by atoms with van der Waals surface area (Å²) in [4.78, 5) is 14.8. The first-order chi connectivity index (χ1) is 11.2. The second-order valence-corrected chi connectivity index (χ2v) is 6.35. The molecule has 2 aliphatic rings. The third kappa shape index (κ3) is 3.47. The fraction of sp³-hybridized carbons (Fsp3) is 0.706. The molecule has 1 atom stereocenters. The number of allylic oxidation sites excluding steroid dienone is 1. The average molecular weight is 318 g/mol. The SMILES string of the molecule is CCOCc1nnc2n1CCN(C(=O)C1=CCCCC1)C(C)C2. The van der Waals surface area contributed by atoms with E-state index in [-0.39, 0.29) is 11.9 Å². The molecule has 126 valence electrons. The molecule has 6 heteroatoms. The number of hydrogen-bond donors (Lipinski definition) is 0. The zero-order chi connectivity index (χ0) is 16.2. The monoisotopic (exact) mass is 318 g/mol. The number of carbonyl (C=O) groups excluding carboxylic acids is 1. The molecule has 1 aromatic rings. The van der Waals surface area contributed by atoms with E-state index in [4.69, 9.17) is 4.74 Å². The van der Waals surface area contributed by atoms with Gasteiger partial charge in [-0.3, -0.25) is 4.79 Å². The molecule has 3 rings (SSSR count). The van der Waals surface area contributed by atoms with Crippen molar-refractivity contribution in [2.45, 2.75) is 65.1 Å². The summed E-state index contributed by atoms with van der Waals surface area (Å²) in [5.41, 5.74) is 0.996. The van der Waals surface area contributed by atoms with Crippen LogP contribution in [0.3, 0.4) is 0 Å². The highest BCUT2D eigenvalue weighted by atomic mass is 16.5. The summed E-state index contributed by atoms with van der Waals surface area (Å²) >= 11 is 0. The van der Waals surface area contributed by atoms with Crippen molar-refractivity contribution in [3.63, 3.8) is 0 Å². The van der Waals surface area contributed by atoms with Gasteiger partial charge in [0.15, 0.2) is 5.82 Å². The van der Waals surface area contributed by atoms with Crippen molar-refractivity contribution in [3.8, 4) is 0 Å². The molecular formula is C17H26N4O2. The Labute approximate surface area is 137 Å². The Kier molecular flexibility index (Phi) is 5.10. The van der Waals surface area contributed by atoms with Crippen LogP contribution < -0.4 is 0 Å². The number of aromatic nitrogens is 3. The second-order valence-electron chi connectivity index (χ2n) is 6.35. The molecule has 1 unspecified atom stereocenters. The molecule has 0 saturated heterocycles. The van der Waals surface area contributed by atoms with Gasteiger partial charge in [0.25, 0.3) is 0 Å². The van der Waals surface area contributed by atoms with Gasteiger partial charge in [-0.25, -0.2) is 0 Å². The fourth-order valence-corrected chi connectivity index (χ4v) is 3.40. The summed E-state index contributed by atoms with van der Waals surface area (Å²) < 4.78 is 7.59. The minimum atomic E-state index is 0.149.